The highest BCUT2D eigenvalue weighted by Gasteiger charge is 2.23. The number of aromatic nitrogens is 2. The molecule has 0 spiro atoms. The molecule has 0 aliphatic carbocycles. The maximum Gasteiger partial charge on any atom is 0.225 e. The topological polar surface area (TPSA) is 32.3 Å². The number of aryl methyl sites for hydroxylation is 1. The van der Waals surface area contributed by atoms with Gasteiger partial charge < -0.3 is 9.80 Å². The smallest absolute Gasteiger partial charge is 0.225 e. The van der Waals surface area contributed by atoms with Crippen molar-refractivity contribution in [2.75, 3.05) is 32.1 Å². The number of rotatable bonds is 2. The Labute approximate surface area is 128 Å². The molecule has 0 saturated carbocycles. The second-order valence-electron chi connectivity index (χ2n) is 5.57. The van der Waals surface area contributed by atoms with Gasteiger partial charge in [-0.25, -0.2) is 4.98 Å². The highest BCUT2D eigenvalue weighted by Crippen LogP contribution is 2.33. The predicted octanol–water partition coefficient (Wildman–Crippen LogP) is 3.18. The summed E-state index contributed by atoms with van der Waals surface area (Å²) in [6, 6.07) is 2.84. The van der Waals surface area contributed by atoms with Gasteiger partial charge in [0.15, 0.2) is 0 Å². The van der Waals surface area contributed by atoms with Crippen molar-refractivity contribution in [3.05, 3.63) is 16.2 Å². The minimum Gasteiger partial charge on any atom is -0.356 e. The molecular formula is C14H19ClN4S. The SMILES string of the molecule is Cc1cc2c(N3CCC(N(C)C)CC3)nc(Cl)nc2s1. The molecule has 4 nitrogen and oxygen atoms in total. The van der Waals surface area contributed by atoms with Crippen LogP contribution in [0.15, 0.2) is 6.07 Å². The first-order valence-electron chi connectivity index (χ1n) is 6.89. The molecule has 0 unspecified atom stereocenters. The first-order chi connectivity index (χ1) is 9.54. The molecule has 2 aromatic heterocycles. The lowest BCUT2D eigenvalue weighted by Gasteiger charge is -2.36. The van der Waals surface area contributed by atoms with Gasteiger partial charge in [-0.15, -0.1) is 11.3 Å². The van der Waals surface area contributed by atoms with Crippen molar-refractivity contribution in [1.82, 2.24) is 14.9 Å². The molecular weight excluding hydrogens is 292 g/mol. The van der Waals surface area contributed by atoms with Gasteiger partial charge in [0.1, 0.15) is 10.6 Å². The monoisotopic (exact) mass is 310 g/mol. The molecule has 3 rings (SSSR count). The summed E-state index contributed by atoms with van der Waals surface area (Å²) in [6.45, 7) is 4.16. The molecule has 1 aliphatic heterocycles. The average molecular weight is 311 g/mol. The van der Waals surface area contributed by atoms with E-state index >= 15 is 0 Å². The third-order valence-electron chi connectivity index (χ3n) is 3.96. The van der Waals surface area contributed by atoms with E-state index in [1.54, 1.807) is 11.3 Å². The third-order valence-corrected chi connectivity index (χ3v) is 5.08. The molecule has 3 heterocycles. The zero-order valence-corrected chi connectivity index (χ0v) is 13.6. The van der Waals surface area contributed by atoms with E-state index in [-0.39, 0.29) is 0 Å². The van der Waals surface area contributed by atoms with Crippen LogP contribution in [0.3, 0.4) is 0 Å². The summed E-state index contributed by atoms with van der Waals surface area (Å²) in [5.41, 5.74) is 0. The van der Waals surface area contributed by atoms with E-state index in [0.29, 0.717) is 11.3 Å². The van der Waals surface area contributed by atoms with Crippen LogP contribution in [0.5, 0.6) is 0 Å². The van der Waals surface area contributed by atoms with Crippen LogP contribution in [0, 0.1) is 6.92 Å². The van der Waals surface area contributed by atoms with Gasteiger partial charge in [-0.05, 0) is 51.5 Å². The van der Waals surface area contributed by atoms with E-state index in [4.69, 9.17) is 11.6 Å². The first kappa shape index (κ1) is 14.0. The lowest BCUT2D eigenvalue weighted by atomic mass is 10.0. The molecule has 20 heavy (non-hydrogen) atoms. The van der Waals surface area contributed by atoms with Crippen LogP contribution in [0.1, 0.15) is 17.7 Å². The second-order valence-corrected chi connectivity index (χ2v) is 7.15. The summed E-state index contributed by atoms with van der Waals surface area (Å²) in [4.78, 5) is 15.7. The number of piperidine rings is 1. The van der Waals surface area contributed by atoms with Gasteiger partial charge in [-0.3, -0.25) is 0 Å². The fourth-order valence-electron chi connectivity index (χ4n) is 2.84. The van der Waals surface area contributed by atoms with E-state index < -0.39 is 0 Å². The van der Waals surface area contributed by atoms with Gasteiger partial charge in [0.2, 0.25) is 5.28 Å². The van der Waals surface area contributed by atoms with Crippen LogP contribution in [-0.2, 0) is 0 Å². The van der Waals surface area contributed by atoms with Crippen molar-refractivity contribution >= 4 is 39.0 Å². The quantitative estimate of drug-likeness (QED) is 0.798. The molecule has 108 valence electrons. The second kappa shape index (κ2) is 5.47. The maximum atomic E-state index is 6.08. The number of hydrogen-bond acceptors (Lipinski definition) is 5. The molecule has 0 bridgehead atoms. The minimum absolute atomic E-state index is 0.351. The largest absolute Gasteiger partial charge is 0.356 e. The van der Waals surface area contributed by atoms with Gasteiger partial charge in [0.05, 0.1) is 5.39 Å². The molecule has 1 saturated heterocycles. The van der Waals surface area contributed by atoms with Gasteiger partial charge in [0.25, 0.3) is 0 Å². The van der Waals surface area contributed by atoms with Crippen molar-refractivity contribution in [2.45, 2.75) is 25.8 Å². The normalized spacial score (nSPS) is 17.4. The minimum atomic E-state index is 0.351. The maximum absolute atomic E-state index is 6.08. The number of fused-ring (bicyclic) bond motifs is 1. The molecule has 0 atom stereocenters. The Kier molecular flexibility index (Phi) is 3.84. The van der Waals surface area contributed by atoms with Gasteiger partial charge in [-0.2, -0.15) is 4.98 Å². The van der Waals surface area contributed by atoms with Crippen LogP contribution in [0.2, 0.25) is 5.28 Å². The van der Waals surface area contributed by atoms with Crippen molar-refractivity contribution in [1.29, 1.82) is 0 Å². The number of anilines is 1. The summed E-state index contributed by atoms with van der Waals surface area (Å²) in [6.07, 6.45) is 2.33. The Morgan fingerprint density at radius 3 is 2.65 bits per heavy atom. The standard InChI is InChI=1S/C14H19ClN4S/c1-9-8-11-12(16-14(15)17-13(11)20-9)19-6-4-10(5-7-19)18(2)3/h8,10H,4-7H2,1-3H3. The molecule has 0 N–H and O–H groups in total. The van der Waals surface area contributed by atoms with Crippen LogP contribution >= 0.6 is 22.9 Å². The number of nitrogens with zero attached hydrogens (tertiary/aromatic N) is 4. The molecule has 2 aromatic rings. The molecule has 0 radical (unpaired) electrons. The first-order valence-corrected chi connectivity index (χ1v) is 8.09. The van der Waals surface area contributed by atoms with E-state index in [1.807, 2.05) is 0 Å². The number of halogens is 1. The molecule has 1 fully saturated rings. The van der Waals surface area contributed by atoms with E-state index in [2.05, 4.69) is 46.9 Å². The van der Waals surface area contributed by atoms with Gasteiger partial charge >= 0.3 is 0 Å². The molecule has 6 heteroatoms. The Hall–Kier alpha value is -0.910. The van der Waals surface area contributed by atoms with Crippen molar-refractivity contribution in [3.8, 4) is 0 Å². The number of thiophene rings is 1. The summed E-state index contributed by atoms with van der Waals surface area (Å²) in [7, 11) is 4.31. The fourth-order valence-corrected chi connectivity index (χ4v) is 3.93. The van der Waals surface area contributed by atoms with E-state index in [1.165, 1.54) is 17.7 Å². The fraction of sp³-hybridized carbons (Fsp3) is 0.571. The average Bonchev–Trinajstić information content (AvgIpc) is 2.78. The summed E-state index contributed by atoms with van der Waals surface area (Å²) < 4.78 is 0. The molecule has 0 amide bonds. The third kappa shape index (κ3) is 2.62. The van der Waals surface area contributed by atoms with Gasteiger partial charge in [-0.1, -0.05) is 0 Å². The highest BCUT2D eigenvalue weighted by atomic mass is 35.5. The summed E-state index contributed by atoms with van der Waals surface area (Å²) in [5, 5.41) is 1.49. The van der Waals surface area contributed by atoms with E-state index in [9.17, 15) is 0 Å². The van der Waals surface area contributed by atoms with Crippen LogP contribution < -0.4 is 4.90 Å². The Morgan fingerprint density at radius 2 is 2.00 bits per heavy atom. The Balaban J connectivity index is 1.91. The highest BCUT2D eigenvalue weighted by molar-refractivity contribution is 7.18. The van der Waals surface area contributed by atoms with Crippen molar-refractivity contribution in [2.24, 2.45) is 0 Å². The zero-order chi connectivity index (χ0) is 14.3. The molecule has 0 aromatic carbocycles. The van der Waals surface area contributed by atoms with Crippen molar-refractivity contribution < 1.29 is 0 Å². The van der Waals surface area contributed by atoms with Crippen molar-refractivity contribution in [3.63, 3.8) is 0 Å². The van der Waals surface area contributed by atoms with Crippen LogP contribution in [0.25, 0.3) is 10.2 Å². The lowest BCUT2D eigenvalue weighted by Crippen LogP contribution is -2.42. The summed E-state index contributed by atoms with van der Waals surface area (Å²) >= 11 is 7.76. The Bertz CT molecular complexity index is 617. The lowest BCUT2D eigenvalue weighted by molar-refractivity contribution is 0.249. The number of hydrogen-bond donors (Lipinski definition) is 0. The van der Waals surface area contributed by atoms with Crippen LogP contribution in [0.4, 0.5) is 5.82 Å². The summed E-state index contributed by atoms with van der Waals surface area (Å²) in [5.74, 6) is 1.00. The molecule has 1 aliphatic rings. The van der Waals surface area contributed by atoms with Crippen LogP contribution in [-0.4, -0.2) is 48.1 Å². The zero-order valence-electron chi connectivity index (χ0n) is 12.1. The van der Waals surface area contributed by atoms with Gasteiger partial charge in [0, 0.05) is 24.0 Å². The predicted molar refractivity (Wildman–Crippen MR) is 86.1 cm³/mol. The Morgan fingerprint density at radius 1 is 1.30 bits per heavy atom. The van der Waals surface area contributed by atoms with E-state index in [0.717, 1.165) is 29.1 Å².